The Hall–Kier alpha value is -3.56. The molecule has 1 heterocycles. The Bertz CT molecular complexity index is 1360. The lowest BCUT2D eigenvalue weighted by atomic mass is 10.0. The fourth-order valence-electron chi connectivity index (χ4n) is 4.79. The standard InChI is InChI=1S/C30H34FN3O4S/c1-2-32-30(36)29(25-8-4-3-5-9-25)34(22-24-10-15-26(31)16-11-24)28(35)19-14-23-12-17-27(18-13-23)39(37,38)33-20-6-7-21-33/h3-5,8-13,15-18,29H,2,6-7,14,19-22H2,1H3,(H,32,36)/t29-/m0/s1. The largest absolute Gasteiger partial charge is 0.354 e. The van der Waals surface area contributed by atoms with Crippen LogP contribution < -0.4 is 5.32 Å². The first kappa shape index (κ1) is 28.4. The van der Waals surface area contributed by atoms with Gasteiger partial charge in [0.2, 0.25) is 21.8 Å². The van der Waals surface area contributed by atoms with Crippen LogP contribution >= 0.6 is 0 Å². The topological polar surface area (TPSA) is 86.8 Å². The highest BCUT2D eigenvalue weighted by Crippen LogP contribution is 2.26. The number of carbonyl (C=O) groups is 2. The van der Waals surface area contributed by atoms with Crippen LogP contribution in [-0.2, 0) is 32.6 Å². The molecule has 0 spiro atoms. The zero-order chi connectivity index (χ0) is 27.8. The quantitative estimate of drug-likeness (QED) is 0.382. The second-order valence-electron chi connectivity index (χ2n) is 9.61. The van der Waals surface area contributed by atoms with Crippen LogP contribution in [0.3, 0.4) is 0 Å². The first-order valence-electron chi connectivity index (χ1n) is 13.2. The number of nitrogens with one attached hydrogen (secondary N) is 1. The van der Waals surface area contributed by atoms with Crippen molar-refractivity contribution < 1.29 is 22.4 Å². The molecule has 1 aliphatic heterocycles. The second kappa shape index (κ2) is 13.0. The lowest BCUT2D eigenvalue weighted by molar-refractivity contribution is -0.141. The number of carbonyl (C=O) groups excluding carboxylic acids is 2. The molecule has 0 aromatic heterocycles. The Morgan fingerprint density at radius 1 is 0.923 bits per heavy atom. The van der Waals surface area contributed by atoms with Crippen molar-refractivity contribution in [2.24, 2.45) is 0 Å². The molecule has 0 saturated carbocycles. The number of amides is 2. The van der Waals surface area contributed by atoms with Gasteiger partial charge < -0.3 is 10.2 Å². The van der Waals surface area contributed by atoms with Crippen LogP contribution in [0.15, 0.2) is 83.8 Å². The van der Waals surface area contributed by atoms with E-state index in [1.165, 1.54) is 21.3 Å². The molecule has 3 aromatic rings. The fraction of sp³-hybridized carbons (Fsp3) is 0.333. The number of halogens is 1. The molecule has 1 fully saturated rings. The maximum Gasteiger partial charge on any atom is 0.247 e. The van der Waals surface area contributed by atoms with E-state index < -0.39 is 16.1 Å². The van der Waals surface area contributed by atoms with Crippen molar-refractivity contribution in [1.29, 1.82) is 0 Å². The number of benzene rings is 3. The van der Waals surface area contributed by atoms with Crippen molar-refractivity contribution in [2.45, 2.75) is 50.1 Å². The molecule has 2 amide bonds. The zero-order valence-electron chi connectivity index (χ0n) is 22.1. The monoisotopic (exact) mass is 551 g/mol. The predicted molar refractivity (Wildman–Crippen MR) is 148 cm³/mol. The van der Waals surface area contributed by atoms with E-state index in [9.17, 15) is 22.4 Å². The van der Waals surface area contributed by atoms with Gasteiger partial charge in [0.15, 0.2) is 0 Å². The van der Waals surface area contributed by atoms with E-state index in [0.29, 0.717) is 37.2 Å². The molecule has 0 radical (unpaired) electrons. The van der Waals surface area contributed by atoms with Crippen molar-refractivity contribution in [1.82, 2.24) is 14.5 Å². The first-order chi connectivity index (χ1) is 18.8. The lowest BCUT2D eigenvalue weighted by Crippen LogP contribution is -2.43. The van der Waals surface area contributed by atoms with Crippen LogP contribution in [0.1, 0.15) is 48.9 Å². The number of sulfonamides is 1. The Balaban J connectivity index is 1.55. The predicted octanol–water partition coefficient (Wildman–Crippen LogP) is 4.45. The molecular formula is C30H34FN3O4S. The molecule has 0 aliphatic carbocycles. The van der Waals surface area contributed by atoms with Gasteiger partial charge in [-0.05, 0) is 67.1 Å². The number of hydrogen-bond donors (Lipinski definition) is 1. The number of rotatable bonds is 11. The SMILES string of the molecule is CCNC(=O)[C@H](c1ccccc1)N(Cc1ccc(F)cc1)C(=O)CCc1ccc(S(=O)(=O)N2CCCC2)cc1. The summed E-state index contributed by atoms with van der Waals surface area (Å²) in [4.78, 5) is 28.7. The van der Waals surface area contributed by atoms with Gasteiger partial charge in [-0.25, -0.2) is 12.8 Å². The third kappa shape index (κ3) is 7.10. The molecule has 0 unspecified atom stereocenters. The Morgan fingerprint density at radius 2 is 1.54 bits per heavy atom. The Labute approximate surface area is 229 Å². The van der Waals surface area contributed by atoms with E-state index in [-0.39, 0.29) is 35.5 Å². The minimum Gasteiger partial charge on any atom is -0.354 e. The molecule has 3 aromatic carbocycles. The van der Waals surface area contributed by atoms with Gasteiger partial charge in [-0.3, -0.25) is 9.59 Å². The highest BCUT2D eigenvalue weighted by Gasteiger charge is 2.31. The summed E-state index contributed by atoms with van der Waals surface area (Å²) < 4.78 is 40.7. The normalized spacial score (nSPS) is 14.6. The minimum atomic E-state index is -3.51. The Morgan fingerprint density at radius 3 is 2.15 bits per heavy atom. The highest BCUT2D eigenvalue weighted by atomic mass is 32.2. The van der Waals surface area contributed by atoms with Crippen LogP contribution in [0.5, 0.6) is 0 Å². The van der Waals surface area contributed by atoms with E-state index in [1.54, 1.807) is 36.4 Å². The third-order valence-electron chi connectivity index (χ3n) is 6.87. The summed E-state index contributed by atoms with van der Waals surface area (Å²) in [5, 5.41) is 2.84. The van der Waals surface area contributed by atoms with E-state index in [1.807, 2.05) is 37.3 Å². The summed E-state index contributed by atoms with van der Waals surface area (Å²) in [5.41, 5.74) is 2.20. The lowest BCUT2D eigenvalue weighted by Gasteiger charge is -2.31. The zero-order valence-corrected chi connectivity index (χ0v) is 22.9. The van der Waals surface area contributed by atoms with Crippen molar-refractivity contribution in [3.05, 3.63) is 101 Å². The summed E-state index contributed by atoms with van der Waals surface area (Å²) in [6, 6.07) is 20.8. The summed E-state index contributed by atoms with van der Waals surface area (Å²) in [6.07, 6.45) is 2.23. The van der Waals surface area contributed by atoms with Gasteiger partial charge in [0.05, 0.1) is 4.90 Å². The molecule has 1 saturated heterocycles. The highest BCUT2D eigenvalue weighted by molar-refractivity contribution is 7.89. The molecule has 206 valence electrons. The van der Waals surface area contributed by atoms with Gasteiger partial charge >= 0.3 is 0 Å². The smallest absolute Gasteiger partial charge is 0.247 e. The molecule has 1 aliphatic rings. The summed E-state index contributed by atoms with van der Waals surface area (Å²) in [7, 11) is -3.51. The molecule has 1 N–H and O–H groups in total. The number of likely N-dealkylation sites (N-methyl/N-ethyl adjacent to an activating group) is 1. The van der Waals surface area contributed by atoms with Crippen molar-refractivity contribution in [3.8, 4) is 0 Å². The third-order valence-corrected chi connectivity index (χ3v) is 8.78. The number of aryl methyl sites for hydroxylation is 1. The van der Waals surface area contributed by atoms with Crippen LogP contribution in [-0.4, -0.2) is 49.1 Å². The first-order valence-corrected chi connectivity index (χ1v) is 14.7. The van der Waals surface area contributed by atoms with E-state index in [0.717, 1.165) is 18.4 Å². The van der Waals surface area contributed by atoms with Crippen molar-refractivity contribution >= 4 is 21.8 Å². The summed E-state index contributed by atoms with van der Waals surface area (Å²) in [6.45, 7) is 3.43. The molecule has 39 heavy (non-hydrogen) atoms. The molecule has 9 heteroatoms. The maximum absolute atomic E-state index is 13.7. The van der Waals surface area contributed by atoms with Gasteiger partial charge in [-0.1, -0.05) is 54.6 Å². The molecule has 7 nitrogen and oxygen atoms in total. The number of nitrogens with zero attached hydrogens (tertiary/aromatic N) is 2. The van der Waals surface area contributed by atoms with E-state index >= 15 is 0 Å². The van der Waals surface area contributed by atoms with Gasteiger partial charge in [-0.15, -0.1) is 0 Å². The van der Waals surface area contributed by atoms with Gasteiger partial charge in [0.25, 0.3) is 0 Å². The van der Waals surface area contributed by atoms with Gasteiger partial charge in [-0.2, -0.15) is 4.31 Å². The van der Waals surface area contributed by atoms with Crippen LogP contribution in [0, 0.1) is 5.82 Å². The average Bonchev–Trinajstić information content (AvgIpc) is 3.50. The van der Waals surface area contributed by atoms with Crippen molar-refractivity contribution in [2.75, 3.05) is 19.6 Å². The maximum atomic E-state index is 13.7. The average molecular weight is 552 g/mol. The van der Waals surface area contributed by atoms with Gasteiger partial charge in [0, 0.05) is 32.6 Å². The minimum absolute atomic E-state index is 0.113. The molecule has 4 rings (SSSR count). The second-order valence-corrected chi connectivity index (χ2v) is 11.5. The molecule has 0 bridgehead atoms. The van der Waals surface area contributed by atoms with Crippen LogP contribution in [0.25, 0.3) is 0 Å². The number of hydrogen-bond acceptors (Lipinski definition) is 4. The fourth-order valence-corrected chi connectivity index (χ4v) is 6.31. The molecular weight excluding hydrogens is 517 g/mol. The van der Waals surface area contributed by atoms with E-state index in [4.69, 9.17) is 0 Å². The van der Waals surface area contributed by atoms with Crippen LogP contribution in [0.2, 0.25) is 0 Å². The Kier molecular flexibility index (Phi) is 9.48. The van der Waals surface area contributed by atoms with Gasteiger partial charge in [0.1, 0.15) is 11.9 Å². The summed E-state index contributed by atoms with van der Waals surface area (Å²) >= 11 is 0. The van der Waals surface area contributed by atoms with Crippen LogP contribution in [0.4, 0.5) is 4.39 Å². The van der Waals surface area contributed by atoms with E-state index in [2.05, 4.69) is 5.32 Å². The van der Waals surface area contributed by atoms with Crippen molar-refractivity contribution in [3.63, 3.8) is 0 Å². The summed E-state index contributed by atoms with van der Waals surface area (Å²) in [5.74, 6) is -0.918. The molecule has 1 atom stereocenters.